The molecule has 0 saturated carbocycles. The van der Waals surface area contributed by atoms with Gasteiger partial charge in [0.1, 0.15) is 0 Å². The van der Waals surface area contributed by atoms with E-state index < -0.39 is 0 Å². The summed E-state index contributed by atoms with van der Waals surface area (Å²) in [5.74, 6) is 1.79. The SMILES string of the molecule is CCCn1ncc(OC)c1C(CSc1ccccc1)NC. The van der Waals surface area contributed by atoms with Gasteiger partial charge in [-0.25, -0.2) is 0 Å². The zero-order valence-electron chi connectivity index (χ0n) is 12.9. The first-order chi connectivity index (χ1) is 10.3. The lowest BCUT2D eigenvalue weighted by Gasteiger charge is -2.19. The van der Waals surface area contributed by atoms with Crippen molar-refractivity contribution < 1.29 is 4.74 Å². The number of nitrogens with zero attached hydrogens (tertiary/aromatic N) is 2. The summed E-state index contributed by atoms with van der Waals surface area (Å²) in [4.78, 5) is 1.28. The Morgan fingerprint density at radius 2 is 2.10 bits per heavy atom. The van der Waals surface area contributed by atoms with Crippen LogP contribution in [0.25, 0.3) is 0 Å². The van der Waals surface area contributed by atoms with E-state index in [0.29, 0.717) is 0 Å². The van der Waals surface area contributed by atoms with Gasteiger partial charge in [-0.2, -0.15) is 5.10 Å². The molecule has 5 heteroatoms. The fourth-order valence-electron chi connectivity index (χ4n) is 2.27. The van der Waals surface area contributed by atoms with Gasteiger partial charge in [0.05, 0.1) is 25.0 Å². The van der Waals surface area contributed by atoms with Crippen LogP contribution in [0.5, 0.6) is 5.75 Å². The van der Waals surface area contributed by atoms with Gasteiger partial charge in [-0.15, -0.1) is 11.8 Å². The van der Waals surface area contributed by atoms with Gasteiger partial charge in [-0.3, -0.25) is 4.68 Å². The van der Waals surface area contributed by atoms with Gasteiger partial charge < -0.3 is 10.1 Å². The molecule has 0 spiro atoms. The van der Waals surface area contributed by atoms with Crippen LogP contribution in [0.15, 0.2) is 41.4 Å². The van der Waals surface area contributed by atoms with Gasteiger partial charge in [-0.05, 0) is 25.6 Å². The molecule has 0 amide bonds. The molecule has 0 aliphatic heterocycles. The Labute approximate surface area is 130 Å². The third-order valence-electron chi connectivity index (χ3n) is 3.34. The van der Waals surface area contributed by atoms with Crippen LogP contribution in [0.2, 0.25) is 0 Å². The zero-order valence-corrected chi connectivity index (χ0v) is 13.7. The van der Waals surface area contributed by atoms with E-state index in [0.717, 1.165) is 30.2 Å². The molecule has 1 heterocycles. The lowest BCUT2D eigenvalue weighted by atomic mass is 10.2. The monoisotopic (exact) mass is 305 g/mol. The molecule has 1 N–H and O–H groups in total. The number of aromatic nitrogens is 2. The van der Waals surface area contributed by atoms with E-state index in [1.54, 1.807) is 7.11 Å². The van der Waals surface area contributed by atoms with Crippen molar-refractivity contribution in [3.05, 3.63) is 42.2 Å². The van der Waals surface area contributed by atoms with Crippen LogP contribution in [0.3, 0.4) is 0 Å². The molecule has 2 aromatic rings. The molecule has 0 bridgehead atoms. The average Bonchev–Trinajstić information content (AvgIpc) is 2.92. The lowest BCUT2D eigenvalue weighted by Crippen LogP contribution is -2.23. The van der Waals surface area contributed by atoms with Crippen molar-refractivity contribution in [1.29, 1.82) is 0 Å². The molecule has 1 aromatic carbocycles. The van der Waals surface area contributed by atoms with Crippen molar-refractivity contribution in [2.45, 2.75) is 30.8 Å². The van der Waals surface area contributed by atoms with Crippen LogP contribution in [0, 0.1) is 0 Å². The summed E-state index contributed by atoms with van der Waals surface area (Å²) in [7, 11) is 3.69. The topological polar surface area (TPSA) is 39.1 Å². The average molecular weight is 305 g/mol. The summed E-state index contributed by atoms with van der Waals surface area (Å²) in [6.45, 7) is 3.07. The Morgan fingerprint density at radius 1 is 1.33 bits per heavy atom. The molecule has 0 saturated heterocycles. The van der Waals surface area contributed by atoms with Crippen LogP contribution in [-0.2, 0) is 6.54 Å². The van der Waals surface area contributed by atoms with Gasteiger partial charge in [-0.1, -0.05) is 25.1 Å². The summed E-state index contributed by atoms with van der Waals surface area (Å²) >= 11 is 1.84. The normalized spacial score (nSPS) is 12.3. The third-order valence-corrected chi connectivity index (χ3v) is 4.44. The quantitative estimate of drug-likeness (QED) is 0.759. The molecule has 0 fully saturated rings. The number of hydrogen-bond acceptors (Lipinski definition) is 4. The lowest BCUT2D eigenvalue weighted by molar-refractivity contribution is 0.398. The second kappa shape index (κ2) is 8.10. The molecule has 21 heavy (non-hydrogen) atoms. The first kappa shape index (κ1) is 15.9. The number of aryl methyl sites for hydroxylation is 1. The zero-order chi connectivity index (χ0) is 15.1. The summed E-state index contributed by atoms with van der Waals surface area (Å²) in [6, 6.07) is 10.7. The summed E-state index contributed by atoms with van der Waals surface area (Å²) in [5.41, 5.74) is 1.13. The molecular formula is C16H23N3OS. The van der Waals surface area contributed by atoms with Crippen molar-refractivity contribution in [3.8, 4) is 5.75 Å². The number of methoxy groups -OCH3 is 1. The van der Waals surface area contributed by atoms with Crippen LogP contribution < -0.4 is 10.1 Å². The van der Waals surface area contributed by atoms with Crippen molar-refractivity contribution >= 4 is 11.8 Å². The maximum Gasteiger partial charge on any atom is 0.161 e. The van der Waals surface area contributed by atoms with E-state index in [1.807, 2.05) is 35.8 Å². The highest BCUT2D eigenvalue weighted by Gasteiger charge is 2.20. The molecule has 0 radical (unpaired) electrons. The highest BCUT2D eigenvalue weighted by Crippen LogP contribution is 2.30. The summed E-state index contributed by atoms with van der Waals surface area (Å²) < 4.78 is 7.52. The Hall–Kier alpha value is -1.46. The third kappa shape index (κ3) is 4.02. The molecule has 1 aromatic heterocycles. The minimum Gasteiger partial charge on any atom is -0.493 e. The number of benzene rings is 1. The highest BCUT2D eigenvalue weighted by molar-refractivity contribution is 7.99. The van der Waals surface area contributed by atoms with Gasteiger partial charge in [0.15, 0.2) is 5.75 Å². The smallest absolute Gasteiger partial charge is 0.161 e. The predicted octanol–water partition coefficient (Wildman–Crippen LogP) is 3.35. The van der Waals surface area contributed by atoms with Crippen molar-refractivity contribution in [1.82, 2.24) is 15.1 Å². The number of nitrogens with one attached hydrogen (secondary N) is 1. The summed E-state index contributed by atoms with van der Waals surface area (Å²) in [5, 5.41) is 7.83. The first-order valence-corrected chi connectivity index (χ1v) is 8.23. The van der Waals surface area contributed by atoms with E-state index >= 15 is 0 Å². The molecule has 1 unspecified atom stereocenters. The van der Waals surface area contributed by atoms with Crippen molar-refractivity contribution in [3.63, 3.8) is 0 Å². The fourth-order valence-corrected chi connectivity index (χ4v) is 3.31. The Kier molecular flexibility index (Phi) is 6.14. The van der Waals surface area contributed by atoms with Gasteiger partial charge in [0.2, 0.25) is 0 Å². The van der Waals surface area contributed by atoms with E-state index in [4.69, 9.17) is 4.74 Å². The van der Waals surface area contributed by atoms with Crippen LogP contribution in [-0.4, -0.2) is 29.7 Å². The van der Waals surface area contributed by atoms with E-state index in [-0.39, 0.29) is 6.04 Å². The molecule has 4 nitrogen and oxygen atoms in total. The van der Waals surface area contributed by atoms with Crippen LogP contribution >= 0.6 is 11.8 Å². The van der Waals surface area contributed by atoms with Gasteiger partial charge in [0, 0.05) is 17.2 Å². The Balaban J connectivity index is 2.14. The van der Waals surface area contributed by atoms with E-state index in [2.05, 4.69) is 41.6 Å². The van der Waals surface area contributed by atoms with Crippen molar-refractivity contribution in [2.75, 3.05) is 19.9 Å². The number of rotatable bonds is 8. The standard InChI is InChI=1S/C16H23N3OS/c1-4-10-19-16(15(20-3)11-18-19)14(17-2)12-21-13-8-6-5-7-9-13/h5-9,11,14,17H,4,10,12H2,1-3H3. The predicted molar refractivity (Wildman–Crippen MR) is 88.0 cm³/mol. The van der Waals surface area contributed by atoms with Crippen LogP contribution in [0.1, 0.15) is 25.1 Å². The molecule has 1 atom stereocenters. The Bertz CT molecular complexity index is 542. The summed E-state index contributed by atoms with van der Waals surface area (Å²) in [6.07, 6.45) is 2.86. The molecule has 0 aliphatic rings. The maximum atomic E-state index is 5.47. The second-order valence-corrected chi connectivity index (χ2v) is 5.88. The highest BCUT2D eigenvalue weighted by atomic mass is 32.2. The van der Waals surface area contributed by atoms with Crippen LogP contribution in [0.4, 0.5) is 0 Å². The number of thioether (sulfide) groups is 1. The largest absolute Gasteiger partial charge is 0.493 e. The Morgan fingerprint density at radius 3 is 2.71 bits per heavy atom. The van der Waals surface area contributed by atoms with Gasteiger partial charge in [0.25, 0.3) is 0 Å². The minimum atomic E-state index is 0.208. The minimum absolute atomic E-state index is 0.208. The fraction of sp³-hybridized carbons (Fsp3) is 0.438. The molecule has 114 valence electrons. The number of hydrogen-bond donors (Lipinski definition) is 1. The molecule has 2 rings (SSSR count). The molecular weight excluding hydrogens is 282 g/mol. The number of ether oxygens (including phenoxy) is 1. The molecule has 0 aliphatic carbocycles. The van der Waals surface area contributed by atoms with E-state index in [9.17, 15) is 0 Å². The second-order valence-electron chi connectivity index (χ2n) is 4.79. The first-order valence-electron chi connectivity index (χ1n) is 7.25. The van der Waals surface area contributed by atoms with Crippen molar-refractivity contribution in [2.24, 2.45) is 0 Å². The van der Waals surface area contributed by atoms with E-state index in [1.165, 1.54) is 4.90 Å². The maximum absolute atomic E-state index is 5.47. The van der Waals surface area contributed by atoms with Gasteiger partial charge >= 0.3 is 0 Å².